The van der Waals surface area contributed by atoms with Gasteiger partial charge in [0.15, 0.2) is 0 Å². The van der Waals surface area contributed by atoms with E-state index in [0.29, 0.717) is 5.69 Å². The molecule has 1 aromatic carbocycles. The van der Waals surface area contributed by atoms with Crippen LogP contribution in [0.25, 0.3) is 10.9 Å². The van der Waals surface area contributed by atoms with Crippen molar-refractivity contribution < 1.29 is 4.74 Å². The molecule has 0 radical (unpaired) electrons. The zero-order valence-corrected chi connectivity index (χ0v) is 11.6. The number of anilines is 1. The first-order valence-electron chi connectivity index (χ1n) is 7.09. The number of nitrogen functional groups attached to an aromatic ring is 1. The monoisotopic (exact) mass is 258 g/mol. The van der Waals surface area contributed by atoms with E-state index >= 15 is 0 Å². The molecule has 0 amide bonds. The Balaban J connectivity index is 1.92. The van der Waals surface area contributed by atoms with Crippen LogP contribution >= 0.6 is 0 Å². The third-order valence-corrected chi connectivity index (χ3v) is 3.29. The van der Waals surface area contributed by atoms with Gasteiger partial charge in [0.05, 0.1) is 17.8 Å². The van der Waals surface area contributed by atoms with Gasteiger partial charge in [-0.15, -0.1) is 0 Å². The van der Waals surface area contributed by atoms with Crippen LogP contribution in [-0.4, -0.2) is 11.6 Å². The molecule has 1 heterocycles. The van der Waals surface area contributed by atoms with Crippen molar-refractivity contribution in [2.24, 2.45) is 0 Å². The molecule has 0 saturated heterocycles. The van der Waals surface area contributed by atoms with Gasteiger partial charge in [0, 0.05) is 11.6 Å². The Labute approximate surface area is 114 Å². The maximum atomic E-state index is 6.12. The van der Waals surface area contributed by atoms with Gasteiger partial charge in [0.1, 0.15) is 5.75 Å². The standard InChI is InChI=1S/C16H22N2O/c1-2-3-4-5-6-12-19-15-10-9-14-13(16(15)17)8-7-11-18-14/h7-11H,2-6,12,17H2,1H3. The van der Waals surface area contributed by atoms with E-state index in [0.717, 1.165) is 29.7 Å². The van der Waals surface area contributed by atoms with Crippen LogP contribution in [0.5, 0.6) is 5.75 Å². The fourth-order valence-corrected chi connectivity index (χ4v) is 2.17. The van der Waals surface area contributed by atoms with Crippen LogP contribution in [0.3, 0.4) is 0 Å². The summed E-state index contributed by atoms with van der Waals surface area (Å²) in [6.45, 7) is 2.96. The van der Waals surface area contributed by atoms with E-state index in [1.807, 2.05) is 24.3 Å². The number of ether oxygens (including phenoxy) is 1. The number of hydrogen-bond acceptors (Lipinski definition) is 3. The molecule has 2 aromatic rings. The fraction of sp³-hybridized carbons (Fsp3) is 0.438. The second-order valence-corrected chi connectivity index (χ2v) is 4.81. The summed E-state index contributed by atoms with van der Waals surface area (Å²) in [6.07, 6.45) is 7.95. The first kappa shape index (κ1) is 13.7. The number of nitrogens with two attached hydrogens (primary N) is 1. The van der Waals surface area contributed by atoms with Crippen molar-refractivity contribution in [1.29, 1.82) is 0 Å². The molecule has 2 rings (SSSR count). The van der Waals surface area contributed by atoms with E-state index in [4.69, 9.17) is 10.5 Å². The molecule has 0 aliphatic heterocycles. The highest BCUT2D eigenvalue weighted by molar-refractivity contribution is 5.93. The maximum Gasteiger partial charge on any atom is 0.142 e. The van der Waals surface area contributed by atoms with Crippen LogP contribution in [0, 0.1) is 0 Å². The summed E-state index contributed by atoms with van der Waals surface area (Å²) >= 11 is 0. The van der Waals surface area contributed by atoms with E-state index in [9.17, 15) is 0 Å². The van der Waals surface area contributed by atoms with Gasteiger partial charge in [-0.1, -0.05) is 32.6 Å². The predicted molar refractivity (Wildman–Crippen MR) is 80.4 cm³/mol. The molecule has 0 spiro atoms. The molecule has 102 valence electrons. The van der Waals surface area contributed by atoms with Gasteiger partial charge < -0.3 is 10.5 Å². The highest BCUT2D eigenvalue weighted by Gasteiger charge is 2.05. The van der Waals surface area contributed by atoms with Gasteiger partial charge in [0.25, 0.3) is 0 Å². The highest BCUT2D eigenvalue weighted by Crippen LogP contribution is 2.29. The van der Waals surface area contributed by atoms with Crippen LogP contribution < -0.4 is 10.5 Å². The molecular weight excluding hydrogens is 236 g/mol. The first-order valence-corrected chi connectivity index (χ1v) is 7.09. The summed E-state index contributed by atoms with van der Waals surface area (Å²) in [5.41, 5.74) is 7.72. The van der Waals surface area contributed by atoms with E-state index < -0.39 is 0 Å². The number of nitrogens with zero attached hydrogens (tertiary/aromatic N) is 1. The van der Waals surface area contributed by atoms with Gasteiger partial charge in [-0.3, -0.25) is 4.98 Å². The average molecular weight is 258 g/mol. The fourth-order valence-electron chi connectivity index (χ4n) is 2.17. The molecule has 0 bridgehead atoms. The number of unbranched alkanes of at least 4 members (excludes halogenated alkanes) is 4. The molecule has 0 unspecified atom stereocenters. The lowest BCUT2D eigenvalue weighted by Crippen LogP contribution is -2.01. The van der Waals surface area contributed by atoms with Gasteiger partial charge >= 0.3 is 0 Å². The Bertz CT molecular complexity index is 525. The van der Waals surface area contributed by atoms with Gasteiger partial charge in [-0.2, -0.15) is 0 Å². The third-order valence-electron chi connectivity index (χ3n) is 3.29. The molecule has 2 N–H and O–H groups in total. The Kier molecular flexibility index (Phi) is 5.01. The predicted octanol–water partition coefficient (Wildman–Crippen LogP) is 4.17. The lowest BCUT2D eigenvalue weighted by atomic mass is 10.1. The van der Waals surface area contributed by atoms with Crippen molar-refractivity contribution >= 4 is 16.6 Å². The van der Waals surface area contributed by atoms with Gasteiger partial charge in [-0.25, -0.2) is 0 Å². The van der Waals surface area contributed by atoms with Crippen molar-refractivity contribution in [1.82, 2.24) is 4.98 Å². The number of rotatable bonds is 7. The minimum atomic E-state index is 0.694. The van der Waals surface area contributed by atoms with Gasteiger partial charge in [-0.05, 0) is 30.7 Å². The van der Waals surface area contributed by atoms with Crippen LogP contribution in [0.15, 0.2) is 30.5 Å². The molecule has 0 aliphatic rings. The topological polar surface area (TPSA) is 48.1 Å². The second-order valence-electron chi connectivity index (χ2n) is 4.81. The Morgan fingerprint density at radius 1 is 1.11 bits per heavy atom. The summed E-state index contributed by atoms with van der Waals surface area (Å²) < 4.78 is 5.77. The third kappa shape index (κ3) is 3.60. The van der Waals surface area contributed by atoms with E-state index in [1.54, 1.807) is 6.20 Å². The smallest absolute Gasteiger partial charge is 0.142 e. The molecule has 19 heavy (non-hydrogen) atoms. The summed E-state index contributed by atoms with van der Waals surface area (Å²) in [7, 11) is 0. The number of hydrogen-bond donors (Lipinski definition) is 1. The lowest BCUT2D eigenvalue weighted by Gasteiger charge is -2.10. The molecular formula is C16H22N2O. The molecule has 3 heteroatoms. The zero-order valence-electron chi connectivity index (χ0n) is 11.6. The minimum Gasteiger partial charge on any atom is -0.491 e. The molecule has 0 atom stereocenters. The molecule has 0 fully saturated rings. The molecule has 3 nitrogen and oxygen atoms in total. The Morgan fingerprint density at radius 3 is 2.79 bits per heavy atom. The van der Waals surface area contributed by atoms with Crippen LogP contribution in [0.2, 0.25) is 0 Å². The number of fused-ring (bicyclic) bond motifs is 1. The summed E-state index contributed by atoms with van der Waals surface area (Å²) in [5, 5.41) is 0.964. The normalized spacial score (nSPS) is 10.8. The SMILES string of the molecule is CCCCCCCOc1ccc2ncccc2c1N. The minimum absolute atomic E-state index is 0.694. The summed E-state index contributed by atoms with van der Waals surface area (Å²) in [4.78, 5) is 4.28. The van der Waals surface area contributed by atoms with E-state index in [-0.39, 0.29) is 0 Å². The van der Waals surface area contributed by atoms with Gasteiger partial charge in [0.2, 0.25) is 0 Å². The molecule has 1 aromatic heterocycles. The average Bonchev–Trinajstić information content (AvgIpc) is 2.45. The maximum absolute atomic E-state index is 6.12. The quantitative estimate of drug-likeness (QED) is 0.599. The molecule has 0 aliphatic carbocycles. The summed E-state index contributed by atoms with van der Waals surface area (Å²) in [6, 6.07) is 7.74. The number of aromatic nitrogens is 1. The first-order chi connectivity index (χ1) is 9.33. The number of pyridine rings is 1. The summed E-state index contributed by atoms with van der Waals surface area (Å²) in [5.74, 6) is 0.774. The van der Waals surface area contributed by atoms with Crippen LogP contribution in [0.1, 0.15) is 39.0 Å². The van der Waals surface area contributed by atoms with E-state index in [2.05, 4.69) is 11.9 Å². The van der Waals surface area contributed by atoms with Crippen molar-refractivity contribution in [3.63, 3.8) is 0 Å². The second kappa shape index (κ2) is 6.98. The van der Waals surface area contributed by atoms with E-state index in [1.165, 1.54) is 25.7 Å². The number of benzene rings is 1. The zero-order chi connectivity index (χ0) is 13.5. The van der Waals surface area contributed by atoms with Crippen molar-refractivity contribution in [2.75, 3.05) is 12.3 Å². The van der Waals surface area contributed by atoms with Crippen molar-refractivity contribution in [2.45, 2.75) is 39.0 Å². The Morgan fingerprint density at radius 2 is 1.95 bits per heavy atom. The van der Waals surface area contributed by atoms with Crippen molar-refractivity contribution in [3.05, 3.63) is 30.5 Å². The van der Waals surface area contributed by atoms with Crippen LogP contribution in [-0.2, 0) is 0 Å². The lowest BCUT2D eigenvalue weighted by molar-refractivity contribution is 0.306. The van der Waals surface area contributed by atoms with Crippen LogP contribution in [0.4, 0.5) is 5.69 Å². The Hall–Kier alpha value is -1.77. The highest BCUT2D eigenvalue weighted by atomic mass is 16.5. The molecule has 0 saturated carbocycles. The largest absolute Gasteiger partial charge is 0.491 e. The van der Waals surface area contributed by atoms with Crippen molar-refractivity contribution in [3.8, 4) is 5.75 Å².